The van der Waals surface area contributed by atoms with Crippen LogP contribution in [0.3, 0.4) is 0 Å². The highest BCUT2D eigenvalue weighted by molar-refractivity contribution is 8.76. The van der Waals surface area contributed by atoms with Gasteiger partial charge in [0.1, 0.15) is 13.1 Å². The Kier molecular flexibility index (Phi) is 12.6. The molecule has 0 unspecified atom stereocenters. The molecule has 0 atom stereocenters. The lowest BCUT2D eigenvalue weighted by Gasteiger charge is -2.20. The van der Waals surface area contributed by atoms with Crippen molar-refractivity contribution in [3.05, 3.63) is 120 Å². The Bertz CT molecular complexity index is 1320. The minimum absolute atomic E-state index is 0.970. The molecule has 0 fully saturated rings. The summed E-state index contributed by atoms with van der Waals surface area (Å²) in [7, 11) is 8.28. The lowest BCUT2D eigenvalue weighted by molar-refractivity contribution is -0.695. The molecule has 6 heteroatoms. The van der Waals surface area contributed by atoms with Crippen molar-refractivity contribution in [2.24, 2.45) is 0 Å². The Morgan fingerprint density at radius 2 is 0.952 bits per heavy atom. The summed E-state index contributed by atoms with van der Waals surface area (Å²) in [5.41, 5.74) is 7.39. The molecular formula is C36H44N4S2+2. The molecule has 4 aromatic rings. The number of anilines is 2. The summed E-state index contributed by atoms with van der Waals surface area (Å²) in [5.74, 6) is 2.19. The normalized spacial score (nSPS) is 11.4. The summed E-state index contributed by atoms with van der Waals surface area (Å²) in [4.78, 5) is 4.68. The van der Waals surface area contributed by atoms with Crippen LogP contribution in [0, 0.1) is 0 Å². The molecule has 0 radical (unpaired) electrons. The van der Waals surface area contributed by atoms with E-state index in [9.17, 15) is 0 Å². The monoisotopic (exact) mass is 596 g/mol. The first kappa shape index (κ1) is 31.5. The number of hydrogen-bond donors (Lipinski definition) is 0. The SMILES string of the molecule is CC[n+]1ccccc1/C=C/c1ccc(N(C)CCSSCCN(C)c2ccc(/C=C/c3cccc[n+]3CC)cc2)cc1. The number of benzene rings is 2. The Morgan fingerprint density at radius 1 is 0.548 bits per heavy atom. The van der Waals surface area contributed by atoms with E-state index < -0.39 is 0 Å². The summed E-state index contributed by atoms with van der Waals surface area (Å²) >= 11 is 0. The van der Waals surface area contributed by atoms with Crippen molar-refractivity contribution < 1.29 is 9.13 Å². The molecule has 0 saturated heterocycles. The molecule has 218 valence electrons. The maximum atomic E-state index is 2.34. The Hall–Kier alpha value is -3.48. The molecule has 2 aromatic carbocycles. The lowest BCUT2D eigenvalue weighted by atomic mass is 10.1. The van der Waals surface area contributed by atoms with E-state index in [-0.39, 0.29) is 0 Å². The van der Waals surface area contributed by atoms with Crippen molar-refractivity contribution in [1.29, 1.82) is 0 Å². The smallest absolute Gasteiger partial charge is 0.205 e. The second-order valence-corrected chi connectivity index (χ2v) is 12.9. The van der Waals surface area contributed by atoms with Crippen LogP contribution in [0.15, 0.2) is 97.3 Å². The van der Waals surface area contributed by atoms with Crippen molar-refractivity contribution in [1.82, 2.24) is 0 Å². The topological polar surface area (TPSA) is 14.2 Å². The quantitative estimate of drug-likeness (QED) is 0.0797. The van der Waals surface area contributed by atoms with Gasteiger partial charge in [-0.25, -0.2) is 0 Å². The molecule has 0 N–H and O–H groups in total. The minimum atomic E-state index is 0.970. The summed E-state index contributed by atoms with van der Waals surface area (Å²) in [6.45, 7) is 8.34. The van der Waals surface area contributed by atoms with E-state index in [0.29, 0.717) is 0 Å². The fourth-order valence-electron chi connectivity index (χ4n) is 4.63. The van der Waals surface area contributed by atoms with Crippen LogP contribution in [0.5, 0.6) is 0 Å². The number of aryl methyl sites for hydroxylation is 2. The van der Waals surface area contributed by atoms with Gasteiger partial charge >= 0.3 is 0 Å². The van der Waals surface area contributed by atoms with Gasteiger partial charge in [-0.2, -0.15) is 9.13 Å². The Labute approximate surface area is 260 Å². The maximum Gasteiger partial charge on any atom is 0.205 e. The van der Waals surface area contributed by atoms with Gasteiger partial charge in [-0.05, 0) is 73.5 Å². The first-order chi connectivity index (χ1) is 20.6. The fourth-order valence-corrected chi connectivity index (χ4v) is 6.71. The number of aromatic nitrogens is 2. The van der Waals surface area contributed by atoms with Gasteiger partial charge in [0.2, 0.25) is 11.4 Å². The van der Waals surface area contributed by atoms with Crippen LogP contribution in [-0.2, 0) is 13.1 Å². The van der Waals surface area contributed by atoms with E-state index in [2.05, 4.69) is 169 Å². The average molecular weight is 597 g/mol. The van der Waals surface area contributed by atoms with Crippen LogP contribution in [-0.4, -0.2) is 38.7 Å². The zero-order valence-corrected chi connectivity index (χ0v) is 27.0. The number of nitrogens with zero attached hydrogens (tertiary/aromatic N) is 4. The van der Waals surface area contributed by atoms with Crippen LogP contribution >= 0.6 is 21.6 Å². The predicted molar refractivity (Wildman–Crippen MR) is 187 cm³/mol. The van der Waals surface area contributed by atoms with Gasteiger partial charge in [0.25, 0.3) is 0 Å². The highest BCUT2D eigenvalue weighted by Gasteiger charge is 2.06. The lowest BCUT2D eigenvalue weighted by Crippen LogP contribution is -2.34. The molecule has 0 bridgehead atoms. The third-order valence-electron chi connectivity index (χ3n) is 7.30. The fraction of sp³-hybridized carbons (Fsp3) is 0.278. The second-order valence-electron chi connectivity index (χ2n) is 10.2. The first-order valence-electron chi connectivity index (χ1n) is 14.8. The van der Waals surface area contributed by atoms with Crippen molar-refractivity contribution in [3.63, 3.8) is 0 Å². The van der Waals surface area contributed by atoms with Gasteiger partial charge < -0.3 is 9.80 Å². The van der Waals surface area contributed by atoms with Crippen LogP contribution < -0.4 is 18.9 Å². The van der Waals surface area contributed by atoms with Crippen LogP contribution in [0.25, 0.3) is 24.3 Å². The van der Waals surface area contributed by atoms with Crippen molar-refractivity contribution >= 4 is 57.3 Å². The summed E-state index contributed by atoms with van der Waals surface area (Å²) in [6.07, 6.45) is 13.0. The Morgan fingerprint density at radius 3 is 1.33 bits per heavy atom. The number of hydrogen-bond acceptors (Lipinski definition) is 4. The molecule has 4 rings (SSSR count). The van der Waals surface area contributed by atoms with E-state index in [1.807, 2.05) is 21.6 Å². The molecular weight excluding hydrogens is 553 g/mol. The van der Waals surface area contributed by atoms with Gasteiger partial charge in [-0.1, -0.05) is 45.9 Å². The third-order valence-corrected chi connectivity index (χ3v) is 9.66. The largest absolute Gasteiger partial charge is 0.374 e. The highest BCUT2D eigenvalue weighted by Crippen LogP contribution is 2.24. The molecule has 4 nitrogen and oxygen atoms in total. The number of rotatable bonds is 15. The summed E-state index contributed by atoms with van der Waals surface area (Å²) in [6, 6.07) is 30.3. The first-order valence-corrected chi connectivity index (χ1v) is 17.3. The summed E-state index contributed by atoms with van der Waals surface area (Å²) in [5, 5.41) is 0. The summed E-state index contributed by atoms with van der Waals surface area (Å²) < 4.78 is 4.49. The van der Waals surface area contributed by atoms with E-state index in [4.69, 9.17) is 0 Å². The van der Waals surface area contributed by atoms with Crippen LogP contribution in [0.4, 0.5) is 11.4 Å². The van der Waals surface area contributed by atoms with E-state index >= 15 is 0 Å². The zero-order valence-electron chi connectivity index (χ0n) is 25.4. The maximum absolute atomic E-state index is 2.34. The average Bonchev–Trinajstić information content (AvgIpc) is 3.04. The third kappa shape index (κ3) is 9.53. The highest BCUT2D eigenvalue weighted by atomic mass is 33.1. The van der Waals surface area contributed by atoms with Crippen molar-refractivity contribution in [3.8, 4) is 0 Å². The predicted octanol–water partition coefficient (Wildman–Crippen LogP) is 7.60. The minimum Gasteiger partial charge on any atom is -0.374 e. The van der Waals surface area contributed by atoms with E-state index in [0.717, 1.165) is 37.7 Å². The van der Waals surface area contributed by atoms with Gasteiger partial charge in [0.05, 0.1) is 0 Å². The molecule has 2 aromatic heterocycles. The molecule has 0 saturated carbocycles. The van der Waals surface area contributed by atoms with Crippen molar-refractivity contribution in [2.45, 2.75) is 26.9 Å². The molecule has 0 aliphatic rings. The number of pyridine rings is 2. The molecule has 2 heterocycles. The second kappa shape index (κ2) is 16.8. The van der Waals surface area contributed by atoms with Gasteiger partial charge in [0.15, 0.2) is 12.4 Å². The van der Waals surface area contributed by atoms with Crippen LogP contribution in [0.2, 0.25) is 0 Å². The molecule has 0 spiro atoms. The van der Waals surface area contributed by atoms with E-state index in [1.165, 1.54) is 33.9 Å². The molecule has 0 aliphatic carbocycles. The van der Waals surface area contributed by atoms with Gasteiger partial charge in [-0.15, -0.1) is 0 Å². The Balaban J connectivity index is 1.14. The molecule has 42 heavy (non-hydrogen) atoms. The van der Waals surface area contributed by atoms with Crippen molar-refractivity contribution in [2.75, 3.05) is 48.5 Å². The standard InChI is InChI=1S/C36H44N4S2/c1-5-39-25-9-7-11-35(39)23-17-31-13-19-33(20-14-31)37(3)27-29-41-42-30-28-38(4)34-21-15-32(16-22-34)18-24-36-12-8-10-26-40(36)6-2/h7-26H,5-6,27-30H2,1-4H3/q+2. The zero-order chi connectivity index (χ0) is 29.6. The molecule has 0 amide bonds. The van der Waals surface area contributed by atoms with Crippen LogP contribution in [0.1, 0.15) is 36.4 Å². The van der Waals surface area contributed by atoms with Gasteiger partial charge in [0, 0.05) is 86.5 Å². The van der Waals surface area contributed by atoms with E-state index in [1.54, 1.807) is 0 Å². The molecule has 0 aliphatic heterocycles. The van der Waals surface area contributed by atoms with Gasteiger partial charge in [-0.3, -0.25) is 0 Å².